The quantitative estimate of drug-likeness (QED) is 0.788. The van der Waals surface area contributed by atoms with Gasteiger partial charge in [-0.3, -0.25) is 4.79 Å². The van der Waals surface area contributed by atoms with Crippen LogP contribution in [0.15, 0.2) is 22.7 Å². The van der Waals surface area contributed by atoms with E-state index in [2.05, 4.69) is 21.2 Å². The maximum atomic E-state index is 12.2. The van der Waals surface area contributed by atoms with E-state index in [4.69, 9.17) is 10.8 Å². The van der Waals surface area contributed by atoms with E-state index in [1.54, 1.807) is 12.1 Å². The molecule has 1 saturated carbocycles. The molecule has 1 aromatic carbocycles. The molecule has 5 nitrogen and oxygen atoms in total. The lowest BCUT2D eigenvalue weighted by Gasteiger charge is -2.25. The van der Waals surface area contributed by atoms with Crippen molar-refractivity contribution in [3.8, 4) is 0 Å². The number of carboxylic acid groups (broad SMARTS) is 1. The highest BCUT2D eigenvalue weighted by Gasteiger charge is 2.25. The van der Waals surface area contributed by atoms with Crippen LogP contribution in [0.4, 0.5) is 5.69 Å². The van der Waals surface area contributed by atoms with E-state index in [0.29, 0.717) is 10.2 Å². The number of rotatable bonds is 3. The van der Waals surface area contributed by atoms with Gasteiger partial charge in [0.1, 0.15) is 0 Å². The summed E-state index contributed by atoms with van der Waals surface area (Å²) in [5.74, 6) is -1.27. The van der Waals surface area contributed by atoms with Gasteiger partial charge in [0.05, 0.1) is 11.3 Å². The number of benzene rings is 1. The van der Waals surface area contributed by atoms with Gasteiger partial charge in [0.2, 0.25) is 5.91 Å². The number of carboxylic acids is 1. The number of carbonyl (C=O) groups excluding carboxylic acids is 1. The molecule has 1 aromatic rings. The Hall–Kier alpha value is -1.40. The van der Waals surface area contributed by atoms with E-state index in [9.17, 15) is 9.59 Å². The van der Waals surface area contributed by atoms with Crippen molar-refractivity contribution in [2.45, 2.75) is 31.7 Å². The van der Waals surface area contributed by atoms with Gasteiger partial charge in [0.15, 0.2) is 0 Å². The highest BCUT2D eigenvalue weighted by Crippen LogP contribution is 2.26. The normalized spacial score (nSPS) is 22.3. The Morgan fingerprint density at radius 3 is 2.50 bits per heavy atom. The van der Waals surface area contributed by atoms with Gasteiger partial charge >= 0.3 is 5.97 Å². The molecule has 108 valence electrons. The third kappa shape index (κ3) is 3.58. The molecule has 0 saturated heterocycles. The number of hydrogen-bond donors (Lipinski definition) is 3. The van der Waals surface area contributed by atoms with Gasteiger partial charge in [-0.25, -0.2) is 4.79 Å². The van der Waals surface area contributed by atoms with Crippen LogP contribution in [-0.4, -0.2) is 23.0 Å². The van der Waals surface area contributed by atoms with Gasteiger partial charge < -0.3 is 16.2 Å². The molecule has 0 heterocycles. The fourth-order valence-corrected chi connectivity index (χ4v) is 2.78. The maximum absolute atomic E-state index is 12.2. The molecule has 0 radical (unpaired) electrons. The summed E-state index contributed by atoms with van der Waals surface area (Å²) in [4.78, 5) is 23.4. The second-order valence-electron chi connectivity index (χ2n) is 5.10. The molecule has 0 unspecified atom stereocenters. The van der Waals surface area contributed by atoms with Gasteiger partial charge in [-0.05, 0) is 43.9 Å². The van der Waals surface area contributed by atoms with E-state index in [1.807, 2.05) is 0 Å². The Morgan fingerprint density at radius 2 is 1.90 bits per heavy atom. The number of halogens is 1. The summed E-state index contributed by atoms with van der Waals surface area (Å²) < 4.78 is 0.663. The third-order valence-corrected chi connectivity index (χ3v) is 4.11. The monoisotopic (exact) mass is 340 g/mol. The highest BCUT2D eigenvalue weighted by atomic mass is 79.9. The Morgan fingerprint density at radius 1 is 1.25 bits per heavy atom. The van der Waals surface area contributed by atoms with Gasteiger partial charge in [0.25, 0.3) is 0 Å². The van der Waals surface area contributed by atoms with Crippen molar-refractivity contribution in [3.63, 3.8) is 0 Å². The molecule has 1 fully saturated rings. The predicted molar refractivity (Wildman–Crippen MR) is 79.7 cm³/mol. The van der Waals surface area contributed by atoms with E-state index < -0.39 is 5.97 Å². The summed E-state index contributed by atoms with van der Waals surface area (Å²) >= 11 is 3.22. The smallest absolute Gasteiger partial charge is 0.337 e. The van der Waals surface area contributed by atoms with E-state index in [1.165, 1.54) is 6.07 Å². The van der Waals surface area contributed by atoms with E-state index in [-0.39, 0.29) is 23.4 Å². The zero-order valence-corrected chi connectivity index (χ0v) is 12.5. The predicted octanol–water partition coefficient (Wildman–Crippen LogP) is 2.60. The number of amides is 1. The van der Waals surface area contributed by atoms with Crippen LogP contribution in [0.3, 0.4) is 0 Å². The van der Waals surface area contributed by atoms with Crippen LogP contribution < -0.4 is 11.1 Å². The molecular formula is C14H17BrN2O3. The Balaban J connectivity index is 2.10. The lowest BCUT2D eigenvalue weighted by molar-refractivity contribution is -0.120. The topological polar surface area (TPSA) is 92.4 Å². The highest BCUT2D eigenvalue weighted by molar-refractivity contribution is 9.10. The molecule has 2 rings (SSSR count). The second kappa shape index (κ2) is 6.37. The number of aromatic carboxylic acids is 1. The number of anilines is 1. The molecule has 0 aliphatic heterocycles. The van der Waals surface area contributed by atoms with Crippen molar-refractivity contribution in [1.82, 2.24) is 0 Å². The fourth-order valence-electron chi connectivity index (χ4n) is 2.42. The fraction of sp³-hybridized carbons (Fsp3) is 0.429. The molecule has 20 heavy (non-hydrogen) atoms. The average molecular weight is 341 g/mol. The first-order valence-corrected chi connectivity index (χ1v) is 7.36. The Labute approximate surface area is 125 Å². The minimum atomic E-state index is -1.06. The van der Waals surface area contributed by atoms with Crippen molar-refractivity contribution >= 4 is 33.5 Å². The van der Waals surface area contributed by atoms with E-state index in [0.717, 1.165) is 25.7 Å². The lowest BCUT2D eigenvalue weighted by atomic mass is 9.86. The first-order chi connectivity index (χ1) is 9.47. The van der Waals surface area contributed by atoms with Crippen molar-refractivity contribution in [3.05, 3.63) is 28.2 Å². The Bertz CT molecular complexity index is 525. The third-order valence-electron chi connectivity index (χ3n) is 3.61. The number of hydrogen-bond acceptors (Lipinski definition) is 3. The molecule has 0 atom stereocenters. The minimum Gasteiger partial charge on any atom is -0.478 e. The first kappa shape index (κ1) is 15.0. The van der Waals surface area contributed by atoms with Crippen molar-refractivity contribution < 1.29 is 14.7 Å². The van der Waals surface area contributed by atoms with Gasteiger partial charge in [-0.1, -0.05) is 15.9 Å². The van der Waals surface area contributed by atoms with Gasteiger partial charge in [-0.2, -0.15) is 0 Å². The molecule has 0 spiro atoms. The van der Waals surface area contributed by atoms with Crippen LogP contribution in [-0.2, 0) is 4.79 Å². The molecule has 1 aliphatic rings. The van der Waals surface area contributed by atoms with Gasteiger partial charge in [-0.15, -0.1) is 0 Å². The maximum Gasteiger partial charge on any atom is 0.337 e. The lowest BCUT2D eigenvalue weighted by Crippen LogP contribution is -2.32. The number of nitrogens with one attached hydrogen (secondary N) is 1. The van der Waals surface area contributed by atoms with Crippen molar-refractivity contribution in [2.24, 2.45) is 11.7 Å². The molecule has 6 heteroatoms. The summed E-state index contributed by atoms with van der Waals surface area (Å²) in [5, 5.41) is 11.9. The zero-order valence-electron chi connectivity index (χ0n) is 10.9. The summed E-state index contributed by atoms with van der Waals surface area (Å²) in [5.41, 5.74) is 6.23. The van der Waals surface area contributed by atoms with E-state index >= 15 is 0 Å². The first-order valence-electron chi connectivity index (χ1n) is 6.56. The van der Waals surface area contributed by atoms with Crippen LogP contribution in [0.25, 0.3) is 0 Å². The molecule has 0 bridgehead atoms. The Kier molecular flexibility index (Phi) is 4.77. The number of carbonyl (C=O) groups is 2. The summed E-state index contributed by atoms with van der Waals surface area (Å²) in [6.45, 7) is 0. The largest absolute Gasteiger partial charge is 0.478 e. The molecular weight excluding hydrogens is 324 g/mol. The summed E-state index contributed by atoms with van der Waals surface area (Å²) in [7, 11) is 0. The molecule has 4 N–H and O–H groups in total. The molecule has 1 aliphatic carbocycles. The van der Waals surface area contributed by atoms with Crippen LogP contribution >= 0.6 is 15.9 Å². The SMILES string of the molecule is NC1CCC(C(=O)Nc2ccc(Br)cc2C(=O)O)CC1. The van der Waals surface area contributed by atoms with Crippen LogP contribution in [0.1, 0.15) is 36.0 Å². The van der Waals surface area contributed by atoms with Crippen molar-refractivity contribution in [2.75, 3.05) is 5.32 Å². The van der Waals surface area contributed by atoms with Crippen LogP contribution in [0, 0.1) is 5.92 Å². The summed E-state index contributed by atoms with van der Waals surface area (Å²) in [6, 6.07) is 4.97. The minimum absolute atomic E-state index is 0.0832. The van der Waals surface area contributed by atoms with Crippen LogP contribution in [0.2, 0.25) is 0 Å². The molecule has 1 amide bonds. The van der Waals surface area contributed by atoms with Crippen LogP contribution in [0.5, 0.6) is 0 Å². The van der Waals surface area contributed by atoms with Gasteiger partial charge in [0, 0.05) is 16.4 Å². The molecule has 0 aromatic heterocycles. The summed E-state index contributed by atoms with van der Waals surface area (Å²) in [6.07, 6.45) is 3.19. The second-order valence-corrected chi connectivity index (χ2v) is 6.01. The average Bonchev–Trinajstić information content (AvgIpc) is 2.41. The van der Waals surface area contributed by atoms with Crippen molar-refractivity contribution in [1.29, 1.82) is 0 Å². The zero-order chi connectivity index (χ0) is 14.7. The standard InChI is InChI=1S/C14H17BrN2O3/c15-9-3-6-12(11(7-9)14(19)20)17-13(18)8-1-4-10(16)5-2-8/h3,6-8,10H,1-2,4-5,16H2,(H,17,18)(H,19,20). The number of nitrogens with two attached hydrogens (primary N) is 1.